The molecule has 7 heteroatoms. The molecule has 1 aromatic heterocycles. The zero-order valence-electron chi connectivity index (χ0n) is 12.7. The van der Waals surface area contributed by atoms with Crippen LogP contribution in [0.1, 0.15) is 5.56 Å². The van der Waals surface area contributed by atoms with E-state index in [0.29, 0.717) is 31.8 Å². The summed E-state index contributed by atoms with van der Waals surface area (Å²) in [7, 11) is 1.64. The van der Waals surface area contributed by atoms with Crippen molar-refractivity contribution in [3.05, 3.63) is 29.8 Å². The second-order valence-corrected chi connectivity index (χ2v) is 5.77. The first kappa shape index (κ1) is 15.2. The lowest BCUT2D eigenvalue weighted by molar-refractivity contribution is 0.115. The van der Waals surface area contributed by atoms with Crippen LogP contribution in [0.5, 0.6) is 0 Å². The van der Waals surface area contributed by atoms with Gasteiger partial charge in [-0.2, -0.15) is 0 Å². The zero-order valence-corrected chi connectivity index (χ0v) is 12.7. The third-order valence-corrected chi connectivity index (χ3v) is 4.33. The van der Waals surface area contributed by atoms with Gasteiger partial charge in [0.05, 0.1) is 18.8 Å². The van der Waals surface area contributed by atoms with Crippen molar-refractivity contribution in [2.45, 2.75) is 12.6 Å². The number of piperazine rings is 1. The van der Waals surface area contributed by atoms with Crippen LogP contribution in [0.4, 0.5) is 9.18 Å². The molecule has 3 heterocycles. The van der Waals surface area contributed by atoms with E-state index in [9.17, 15) is 9.18 Å². The number of urea groups is 1. The van der Waals surface area contributed by atoms with Crippen LogP contribution in [0, 0.1) is 5.82 Å². The molecule has 120 valence electrons. The molecule has 1 unspecified atom stereocenters. The summed E-state index contributed by atoms with van der Waals surface area (Å²) in [4.78, 5) is 22.0. The summed E-state index contributed by atoms with van der Waals surface area (Å²) in [6, 6.07) is 1.99. The van der Waals surface area contributed by atoms with Crippen LogP contribution in [0.25, 0.3) is 0 Å². The molecular formula is C15H21FN4O2. The predicted octanol–water partition coefficient (Wildman–Crippen LogP) is 0.789. The summed E-state index contributed by atoms with van der Waals surface area (Å²) in [6.07, 6.45) is 2.86. The molecule has 3 rings (SSSR count). The highest BCUT2D eigenvalue weighted by atomic mass is 19.1. The molecule has 0 aliphatic carbocycles. The number of pyridine rings is 1. The van der Waals surface area contributed by atoms with Crippen molar-refractivity contribution >= 4 is 6.03 Å². The van der Waals surface area contributed by atoms with Crippen molar-refractivity contribution in [2.75, 3.05) is 46.4 Å². The van der Waals surface area contributed by atoms with E-state index in [0.717, 1.165) is 19.6 Å². The van der Waals surface area contributed by atoms with Crippen LogP contribution >= 0.6 is 0 Å². The summed E-state index contributed by atoms with van der Waals surface area (Å²) in [6.45, 7) is 4.70. The Morgan fingerprint density at radius 2 is 2.27 bits per heavy atom. The van der Waals surface area contributed by atoms with E-state index in [1.807, 2.05) is 9.80 Å². The Hall–Kier alpha value is -1.73. The molecule has 6 nitrogen and oxygen atoms in total. The van der Waals surface area contributed by atoms with Gasteiger partial charge in [-0.3, -0.25) is 9.88 Å². The van der Waals surface area contributed by atoms with Gasteiger partial charge in [-0.15, -0.1) is 0 Å². The third kappa shape index (κ3) is 3.05. The third-order valence-electron chi connectivity index (χ3n) is 4.33. The predicted molar refractivity (Wildman–Crippen MR) is 78.8 cm³/mol. The Labute approximate surface area is 129 Å². The molecule has 0 N–H and O–H groups in total. The van der Waals surface area contributed by atoms with E-state index >= 15 is 0 Å². The minimum absolute atomic E-state index is 0.0943. The fourth-order valence-corrected chi connectivity index (χ4v) is 3.15. The number of hydrogen-bond acceptors (Lipinski definition) is 4. The van der Waals surface area contributed by atoms with Crippen LogP contribution < -0.4 is 0 Å². The fourth-order valence-electron chi connectivity index (χ4n) is 3.15. The molecule has 1 atom stereocenters. The topological polar surface area (TPSA) is 48.9 Å². The minimum Gasteiger partial charge on any atom is -0.383 e. The molecule has 1 aromatic rings. The zero-order chi connectivity index (χ0) is 15.5. The van der Waals surface area contributed by atoms with Crippen molar-refractivity contribution in [2.24, 2.45) is 0 Å². The number of rotatable bonds is 5. The van der Waals surface area contributed by atoms with Gasteiger partial charge < -0.3 is 14.5 Å². The molecule has 0 saturated carbocycles. The summed E-state index contributed by atoms with van der Waals surface area (Å²) >= 11 is 0. The molecule has 0 aromatic carbocycles. The highest BCUT2D eigenvalue weighted by Crippen LogP contribution is 2.22. The number of aromatic nitrogens is 1. The first-order valence-electron chi connectivity index (χ1n) is 7.54. The molecule has 0 bridgehead atoms. The molecule has 2 aliphatic rings. The molecule has 2 saturated heterocycles. The van der Waals surface area contributed by atoms with Crippen LogP contribution in [0.2, 0.25) is 0 Å². The van der Waals surface area contributed by atoms with Gasteiger partial charge >= 0.3 is 6.03 Å². The SMILES string of the molecule is COCCN1CC2CN(Cc3ccncc3F)CCN2C1=O. The highest BCUT2D eigenvalue weighted by Gasteiger charge is 2.40. The number of hydrogen-bond donors (Lipinski definition) is 0. The van der Waals surface area contributed by atoms with Crippen molar-refractivity contribution in [3.8, 4) is 0 Å². The number of carbonyl (C=O) groups is 1. The average Bonchev–Trinajstić information content (AvgIpc) is 2.83. The molecule has 2 fully saturated rings. The van der Waals surface area contributed by atoms with Gasteiger partial charge in [0, 0.05) is 58.1 Å². The van der Waals surface area contributed by atoms with Gasteiger partial charge in [0.25, 0.3) is 0 Å². The minimum atomic E-state index is -0.269. The van der Waals surface area contributed by atoms with Crippen molar-refractivity contribution in [1.82, 2.24) is 19.7 Å². The quantitative estimate of drug-likeness (QED) is 0.807. The Bertz CT molecular complexity index is 542. The smallest absolute Gasteiger partial charge is 0.320 e. The van der Waals surface area contributed by atoms with Crippen molar-refractivity contribution in [1.29, 1.82) is 0 Å². The van der Waals surface area contributed by atoms with Crippen LogP contribution in [-0.2, 0) is 11.3 Å². The van der Waals surface area contributed by atoms with E-state index in [4.69, 9.17) is 4.74 Å². The van der Waals surface area contributed by atoms with E-state index in [2.05, 4.69) is 9.88 Å². The Kier molecular flexibility index (Phi) is 4.54. The number of ether oxygens (including phenoxy) is 1. The molecule has 0 spiro atoms. The Morgan fingerprint density at radius 1 is 1.41 bits per heavy atom. The summed E-state index contributed by atoms with van der Waals surface area (Å²) < 4.78 is 18.7. The lowest BCUT2D eigenvalue weighted by atomic mass is 10.1. The van der Waals surface area contributed by atoms with E-state index in [-0.39, 0.29) is 17.9 Å². The highest BCUT2D eigenvalue weighted by molar-refractivity contribution is 5.77. The van der Waals surface area contributed by atoms with Crippen molar-refractivity contribution < 1.29 is 13.9 Å². The van der Waals surface area contributed by atoms with Crippen LogP contribution in [0.3, 0.4) is 0 Å². The normalized spacial score (nSPS) is 22.3. The van der Waals surface area contributed by atoms with Gasteiger partial charge in [-0.25, -0.2) is 9.18 Å². The average molecular weight is 308 g/mol. The Morgan fingerprint density at radius 3 is 3.05 bits per heavy atom. The largest absolute Gasteiger partial charge is 0.383 e. The maximum Gasteiger partial charge on any atom is 0.320 e. The Balaban J connectivity index is 1.60. The van der Waals surface area contributed by atoms with Crippen LogP contribution in [0.15, 0.2) is 18.5 Å². The maximum absolute atomic E-state index is 13.7. The first-order chi connectivity index (χ1) is 10.7. The molecule has 2 amide bonds. The fraction of sp³-hybridized carbons (Fsp3) is 0.600. The molecule has 22 heavy (non-hydrogen) atoms. The van der Waals surface area contributed by atoms with E-state index < -0.39 is 0 Å². The van der Waals surface area contributed by atoms with E-state index in [1.54, 1.807) is 19.4 Å². The van der Waals surface area contributed by atoms with Gasteiger partial charge in [0.2, 0.25) is 0 Å². The molecular weight excluding hydrogens is 287 g/mol. The number of amides is 2. The second kappa shape index (κ2) is 6.58. The van der Waals surface area contributed by atoms with Gasteiger partial charge in [0.1, 0.15) is 5.82 Å². The lowest BCUT2D eigenvalue weighted by Crippen LogP contribution is -2.51. The van der Waals surface area contributed by atoms with Gasteiger partial charge in [0.15, 0.2) is 0 Å². The summed E-state index contributed by atoms with van der Waals surface area (Å²) in [5, 5.41) is 0. The number of fused-ring (bicyclic) bond motifs is 1. The molecule has 0 radical (unpaired) electrons. The van der Waals surface area contributed by atoms with Gasteiger partial charge in [-0.1, -0.05) is 0 Å². The number of carbonyl (C=O) groups excluding carboxylic acids is 1. The van der Waals surface area contributed by atoms with Crippen LogP contribution in [-0.4, -0.2) is 78.2 Å². The van der Waals surface area contributed by atoms with Crippen molar-refractivity contribution in [3.63, 3.8) is 0 Å². The number of halogens is 1. The maximum atomic E-state index is 13.7. The van der Waals surface area contributed by atoms with Gasteiger partial charge in [-0.05, 0) is 6.07 Å². The lowest BCUT2D eigenvalue weighted by Gasteiger charge is -2.36. The second-order valence-electron chi connectivity index (χ2n) is 5.77. The van der Waals surface area contributed by atoms with E-state index in [1.165, 1.54) is 6.20 Å². The number of nitrogens with zero attached hydrogens (tertiary/aromatic N) is 4. The monoisotopic (exact) mass is 308 g/mol. The molecule has 2 aliphatic heterocycles. The number of methoxy groups -OCH3 is 1. The standard InChI is InChI=1S/C15H21FN4O2/c1-22-7-6-19-11-13-10-18(4-5-20(13)15(19)21)9-12-2-3-17-8-14(12)16/h2-3,8,13H,4-7,9-11H2,1H3. The summed E-state index contributed by atoms with van der Waals surface area (Å²) in [5.74, 6) is -0.269. The first-order valence-corrected chi connectivity index (χ1v) is 7.54. The summed E-state index contributed by atoms with van der Waals surface area (Å²) in [5.41, 5.74) is 0.656.